The van der Waals surface area contributed by atoms with Gasteiger partial charge in [-0.05, 0) is 39.7 Å². The van der Waals surface area contributed by atoms with E-state index in [9.17, 15) is 4.79 Å². The summed E-state index contributed by atoms with van der Waals surface area (Å²) in [6.07, 6.45) is 5.47. The van der Waals surface area contributed by atoms with E-state index in [4.69, 9.17) is 19.9 Å². The van der Waals surface area contributed by atoms with Crippen molar-refractivity contribution in [1.82, 2.24) is 0 Å². The highest BCUT2D eigenvalue weighted by Gasteiger charge is 2.08. The van der Waals surface area contributed by atoms with Crippen LogP contribution in [-0.2, 0) is 19.0 Å². The van der Waals surface area contributed by atoms with Crippen LogP contribution in [0.25, 0.3) is 0 Å². The van der Waals surface area contributed by atoms with Gasteiger partial charge >= 0.3 is 5.97 Å². The summed E-state index contributed by atoms with van der Waals surface area (Å²) in [6.45, 7) is 12.1. The summed E-state index contributed by atoms with van der Waals surface area (Å²) in [5.74, 6) is 0.370. The van der Waals surface area contributed by atoms with Crippen LogP contribution in [0.5, 0.6) is 0 Å². The molecule has 1 unspecified atom stereocenters. The van der Waals surface area contributed by atoms with E-state index in [1.807, 2.05) is 19.9 Å². The first kappa shape index (κ1) is 20.2. The van der Waals surface area contributed by atoms with E-state index in [-0.39, 0.29) is 12.6 Å². The van der Waals surface area contributed by atoms with E-state index in [0.717, 1.165) is 18.4 Å². The predicted octanol–water partition coefficient (Wildman–Crippen LogP) is 3.07. The molecule has 0 aromatic rings. The Hall–Kier alpha value is -1.75. The van der Waals surface area contributed by atoms with Gasteiger partial charge in [0.25, 0.3) is 0 Å². The molecule has 0 radical (unpaired) electrons. The van der Waals surface area contributed by atoms with Crippen molar-refractivity contribution in [2.24, 2.45) is 5.73 Å². The summed E-state index contributed by atoms with van der Waals surface area (Å²) in [6, 6.07) is 0.156. The molecule has 2 N–H and O–H groups in total. The molecule has 0 amide bonds. The number of rotatable bonds is 11. The zero-order valence-corrected chi connectivity index (χ0v) is 14.2. The zero-order chi connectivity index (χ0) is 17.0. The van der Waals surface area contributed by atoms with Gasteiger partial charge in [-0.15, -0.1) is 0 Å². The molecule has 0 aromatic heterocycles. The first-order valence-electron chi connectivity index (χ1n) is 7.68. The van der Waals surface area contributed by atoms with E-state index >= 15 is 0 Å². The average Bonchev–Trinajstić information content (AvgIpc) is 2.49. The Kier molecular flexibility index (Phi) is 10.9. The van der Waals surface area contributed by atoms with E-state index in [1.165, 1.54) is 0 Å². The summed E-state index contributed by atoms with van der Waals surface area (Å²) >= 11 is 0. The molecule has 126 valence electrons. The molecule has 0 bridgehead atoms. The average molecular weight is 311 g/mol. The molecule has 0 aromatic carbocycles. The third-order valence-electron chi connectivity index (χ3n) is 2.87. The molecule has 0 aliphatic carbocycles. The largest absolute Gasteiger partial charge is 0.490 e. The van der Waals surface area contributed by atoms with Gasteiger partial charge in [0.1, 0.15) is 0 Å². The van der Waals surface area contributed by atoms with Crippen LogP contribution in [0.3, 0.4) is 0 Å². The number of ether oxygens (including phenoxy) is 3. The van der Waals surface area contributed by atoms with Crippen LogP contribution in [0.15, 0.2) is 35.8 Å². The third-order valence-corrected chi connectivity index (χ3v) is 2.87. The molecule has 5 heteroatoms. The first-order chi connectivity index (χ1) is 10.4. The van der Waals surface area contributed by atoms with Gasteiger partial charge in [-0.3, -0.25) is 0 Å². The molecule has 0 saturated carbocycles. The molecule has 0 saturated heterocycles. The molecule has 0 aliphatic heterocycles. The summed E-state index contributed by atoms with van der Waals surface area (Å²) in [4.78, 5) is 11.3. The minimum Gasteiger partial charge on any atom is -0.490 e. The minimum atomic E-state index is -0.430. The highest BCUT2D eigenvalue weighted by Crippen LogP contribution is 2.13. The van der Waals surface area contributed by atoms with Crippen molar-refractivity contribution in [1.29, 1.82) is 0 Å². The van der Waals surface area contributed by atoms with Gasteiger partial charge in [0.2, 0.25) is 0 Å². The number of hydrogen-bond donors (Lipinski definition) is 1. The van der Waals surface area contributed by atoms with Crippen LogP contribution in [0.1, 0.15) is 40.5 Å². The zero-order valence-electron chi connectivity index (χ0n) is 14.2. The van der Waals surface area contributed by atoms with E-state index < -0.39 is 5.97 Å². The Balaban J connectivity index is 4.68. The number of esters is 1. The number of hydrogen-bond acceptors (Lipinski definition) is 5. The fourth-order valence-electron chi connectivity index (χ4n) is 1.64. The summed E-state index contributed by atoms with van der Waals surface area (Å²) < 4.78 is 15.6. The first-order valence-corrected chi connectivity index (χ1v) is 7.68. The summed E-state index contributed by atoms with van der Waals surface area (Å²) in [5.41, 5.74) is 7.07. The Labute approximate surface area is 133 Å². The topological polar surface area (TPSA) is 70.8 Å². The highest BCUT2D eigenvalue weighted by molar-refractivity contribution is 5.70. The fraction of sp³-hybridized carbons (Fsp3) is 0.588. The van der Waals surface area contributed by atoms with Gasteiger partial charge < -0.3 is 19.9 Å². The number of carbonyl (C=O) groups excluding carboxylic acids is 1. The maximum atomic E-state index is 11.3. The molecule has 5 nitrogen and oxygen atoms in total. The maximum absolute atomic E-state index is 11.3. The quantitative estimate of drug-likeness (QED) is 0.361. The number of carbonyl (C=O) groups is 1. The van der Waals surface area contributed by atoms with Crippen LogP contribution < -0.4 is 5.73 Å². The summed E-state index contributed by atoms with van der Waals surface area (Å²) in [7, 11) is 0. The smallest absolute Gasteiger partial charge is 0.344 e. The van der Waals surface area contributed by atoms with Crippen molar-refractivity contribution in [2.75, 3.05) is 19.8 Å². The lowest BCUT2D eigenvalue weighted by Crippen LogP contribution is -2.18. The standard InChI is InChI=1S/C17H29NO4/c1-6-15(18)11-13(4)9-10-16(20-7-2)14(5)22-12-17(19)21-8-3/h9-10,15H,5-8,11-12,18H2,1-4H3/b13-9+,16-10+. The van der Waals surface area contributed by atoms with Crippen LogP contribution in [0, 0.1) is 0 Å². The van der Waals surface area contributed by atoms with Crippen LogP contribution in [-0.4, -0.2) is 31.8 Å². The monoisotopic (exact) mass is 311 g/mol. The van der Waals surface area contributed by atoms with Gasteiger partial charge in [0.05, 0.1) is 13.2 Å². The maximum Gasteiger partial charge on any atom is 0.344 e. The Morgan fingerprint density at radius 2 is 1.77 bits per heavy atom. The lowest BCUT2D eigenvalue weighted by atomic mass is 10.1. The van der Waals surface area contributed by atoms with Crippen molar-refractivity contribution < 1.29 is 19.0 Å². The van der Waals surface area contributed by atoms with Crippen molar-refractivity contribution in [3.63, 3.8) is 0 Å². The van der Waals surface area contributed by atoms with Gasteiger partial charge in [0.15, 0.2) is 18.1 Å². The second kappa shape index (κ2) is 11.9. The van der Waals surface area contributed by atoms with Crippen LogP contribution in [0.4, 0.5) is 0 Å². The number of allylic oxidation sites excluding steroid dienone is 2. The third kappa shape index (κ3) is 9.23. The lowest BCUT2D eigenvalue weighted by molar-refractivity contribution is -0.147. The molecule has 0 heterocycles. The van der Waals surface area contributed by atoms with Crippen molar-refractivity contribution in [2.45, 2.75) is 46.6 Å². The molecular formula is C17H29NO4. The van der Waals surface area contributed by atoms with E-state index in [2.05, 4.69) is 13.5 Å². The van der Waals surface area contributed by atoms with Crippen molar-refractivity contribution >= 4 is 5.97 Å². The normalized spacial score (nSPS) is 13.5. The van der Waals surface area contributed by atoms with Gasteiger partial charge in [0, 0.05) is 6.04 Å². The predicted molar refractivity (Wildman–Crippen MR) is 88.1 cm³/mol. The SMILES string of the molecule is C=C(OCC(=O)OCC)/C(=C\C=C(/C)CC(N)CC)OCC. The van der Waals surface area contributed by atoms with Crippen molar-refractivity contribution in [3.8, 4) is 0 Å². The molecule has 0 spiro atoms. The van der Waals surface area contributed by atoms with Gasteiger partial charge in [-0.1, -0.05) is 25.2 Å². The molecule has 22 heavy (non-hydrogen) atoms. The van der Waals surface area contributed by atoms with Gasteiger partial charge in [-0.25, -0.2) is 4.79 Å². The van der Waals surface area contributed by atoms with E-state index in [0.29, 0.717) is 24.7 Å². The highest BCUT2D eigenvalue weighted by atomic mass is 16.6. The van der Waals surface area contributed by atoms with Crippen LogP contribution in [0.2, 0.25) is 0 Å². The van der Waals surface area contributed by atoms with Gasteiger partial charge in [-0.2, -0.15) is 0 Å². The Bertz CT molecular complexity index is 413. The second-order valence-corrected chi connectivity index (χ2v) is 4.87. The second-order valence-electron chi connectivity index (χ2n) is 4.87. The minimum absolute atomic E-state index is 0.156. The molecular weight excluding hydrogens is 282 g/mol. The molecule has 0 rings (SSSR count). The summed E-state index contributed by atoms with van der Waals surface area (Å²) in [5, 5.41) is 0. The Morgan fingerprint density at radius 1 is 1.14 bits per heavy atom. The Morgan fingerprint density at radius 3 is 2.32 bits per heavy atom. The number of nitrogens with two attached hydrogens (primary N) is 1. The fourth-order valence-corrected chi connectivity index (χ4v) is 1.64. The molecule has 0 fully saturated rings. The van der Waals surface area contributed by atoms with E-state index in [1.54, 1.807) is 13.0 Å². The molecule has 1 atom stereocenters. The molecule has 0 aliphatic rings. The van der Waals surface area contributed by atoms with Crippen molar-refractivity contribution in [3.05, 3.63) is 35.8 Å². The lowest BCUT2D eigenvalue weighted by Gasteiger charge is -2.13. The van der Waals surface area contributed by atoms with Crippen LogP contribution >= 0.6 is 0 Å².